The van der Waals surface area contributed by atoms with E-state index in [1.54, 1.807) is 31.6 Å². The number of ether oxygens (including phenoxy) is 2. The molecule has 148 valence electrons. The first kappa shape index (κ1) is 19.9. The highest BCUT2D eigenvalue weighted by atomic mass is 32.1. The van der Waals surface area contributed by atoms with E-state index in [1.807, 2.05) is 29.6 Å². The van der Waals surface area contributed by atoms with Gasteiger partial charge in [-0.2, -0.15) is 5.10 Å². The highest BCUT2D eigenvalue weighted by molar-refractivity contribution is 7.10. The van der Waals surface area contributed by atoms with E-state index < -0.39 is 5.97 Å². The lowest BCUT2D eigenvalue weighted by molar-refractivity contribution is -0.137. The smallest absolute Gasteiger partial charge is 0.303 e. The fourth-order valence-corrected chi connectivity index (χ4v) is 3.96. The minimum absolute atomic E-state index is 0.0356. The van der Waals surface area contributed by atoms with Gasteiger partial charge in [-0.05, 0) is 30.0 Å². The third kappa shape index (κ3) is 4.33. The van der Waals surface area contributed by atoms with E-state index in [0.29, 0.717) is 24.3 Å². The van der Waals surface area contributed by atoms with Gasteiger partial charge in [0.05, 0.1) is 26.0 Å². The van der Waals surface area contributed by atoms with Crippen molar-refractivity contribution in [3.05, 3.63) is 46.2 Å². The van der Waals surface area contributed by atoms with E-state index in [2.05, 4.69) is 5.10 Å². The van der Waals surface area contributed by atoms with Crippen molar-refractivity contribution in [2.24, 2.45) is 5.10 Å². The van der Waals surface area contributed by atoms with Crippen LogP contribution in [0.4, 0.5) is 0 Å². The molecule has 1 amide bonds. The second kappa shape index (κ2) is 8.88. The summed E-state index contributed by atoms with van der Waals surface area (Å²) < 4.78 is 10.7. The van der Waals surface area contributed by atoms with Gasteiger partial charge in [-0.3, -0.25) is 9.59 Å². The molecule has 1 N–H and O–H groups in total. The van der Waals surface area contributed by atoms with Crippen LogP contribution < -0.4 is 9.47 Å². The van der Waals surface area contributed by atoms with Crippen LogP contribution in [0.5, 0.6) is 11.5 Å². The van der Waals surface area contributed by atoms with Gasteiger partial charge < -0.3 is 14.6 Å². The molecule has 0 saturated carbocycles. The van der Waals surface area contributed by atoms with Crippen molar-refractivity contribution in [3.63, 3.8) is 0 Å². The van der Waals surface area contributed by atoms with Crippen molar-refractivity contribution < 1.29 is 24.2 Å². The largest absolute Gasteiger partial charge is 0.497 e. The van der Waals surface area contributed by atoms with Crippen LogP contribution in [0.25, 0.3) is 0 Å². The maximum absolute atomic E-state index is 12.7. The van der Waals surface area contributed by atoms with Gasteiger partial charge in [0.25, 0.3) is 0 Å². The molecule has 1 aromatic heterocycles. The minimum Gasteiger partial charge on any atom is -0.497 e. The molecular weight excluding hydrogens is 380 g/mol. The van der Waals surface area contributed by atoms with E-state index in [9.17, 15) is 9.59 Å². The molecule has 0 radical (unpaired) electrons. The van der Waals surface area contributed by atoms with Crippen LogP contribution in [0.1, 0.15) is 42.2 Å². The topological polar surface area (TPSA) is 88.4 Å². The summed E-state index contributed by atoms with van der Waals surface area (Å²) in [5.41, 5.74) is 1.56. The molecule has 0 fully saturated rings. The molecule has 1 aliphatic heterocycles. The van der Waals surface area contributed by atoms with E-state index in [4.69, 9.17) is 14.6 Å². The monoisotopic (exact) mass is 402 g/mol. The first-order valence-electron chi connectivity index (χ1n) is 8.90. The van der Waals surface area contributed by atoms with Gasteiger partial charge in [-0.15, -0.1) is 11.3 Å². The van der Waals surface area contributed by atoms with Crippen molar-refractivity contribution in [2.75, 3.05) is 14.2 Å². The second-order valence-corrected chi connectivity index (χ2v) is 7.31. The molecule has 0 spiro atoms. The number of hydrogen-bond acceptors (Lipinski definition) is 6. The average molecular weight is 402 g/mol. The van der Waals surface area contributed by atoms with Crippen LogP contribution in [-0.2, 0) is 9.59 Å². The Morgan fingerprint density at radius 2 is 2.07 bits per heavy atom. The fourth-order valence-electron chi connectivity index (χ4n) is 3.15. The molecule has 1 atom stereocenters. The van der Waals surface area contributed by atoms with Crippen molar-refractivity contribution in [3.8, 4) is 11.5 Å². The quantitative estimate of drug-likeness (QED) is 0.727. The normalized spacial score (nSPS) is 16.0. The Bertz CT molecular complexity index is 879. The van der Waals surface area contributed by atoms with Crippen LogP contribution in [0.15, 0.2) is 40.8 Å². The molecule has 8 heteroatoms. The predicted molar refractivity (Wildman–Crippen MR) is 106 cm³/mol. The third-order valence-electron chi connectivity index (χ3n) is 4.54. The lowest BCUT2D eigenvalue weighted by Gasteiger charge is -2.20. The number of rotatable bonds is 8. The van der Waals surface area contributed by atoms with Crippen LogP contribution in [0, 0.1) is 0 Å². The molecule has 0 aliphatic carbocycles. The van der Waals surface area contributed by atoms with E-state index in [1.165, 1.54) is 5.01 Å². The van der Waals surface area contributed by atoms with Gasteiger partial charge in [0.15, 0.2) is 0 Å². The molecule has 1 aromatic carbocycles. The summed E-state index contributed by atoms with van der Waals surface area (Å²) in [4.78, 5) is 24.5. The molecule has 0 bridgehead atoms. The van der Waals surface area contributed by atoms with Crippen molar-refractivity contribution >= 4 is 28.9 Å². The number of aliphatic carboxylic acids is 1. The molecule has 28 heavy (non-hydrogen) atoms. The SMILES string of the molecule is COc1ccc(C2=NN(C(=O)CCCC(=O)O)C(c3cccs3)C2)c(OC)c1. The van der Waals surface area contributed by atoms with E-state index in [0.717, 1.165) is 16.2 Å². The summed E-state index contributed by atoms with van der Waals surface area (Å²) in [6.45, 7) is 0. The Morgan fingerprint density at radius 3 is 2.71 bits per heavy atom. The summed E-state index contributed by atoms with van der Waals surface area (Å²) in [6, 6.07) is 9.22. The summed E-state index contributed by atoms with van der Waals surface area (Å²) in [5.74, 6) is 0.220. The summed E-state index contributed by atoms with van der Waals surface area (Å²) in [6.07, 6.45) is 0.962. The van der Waals surface area contributed by atoms with E-state index in [-0.39, 0.29) is 24.8 Å². The molecule has 2 heterocycles. The maximum Gasteiger partial charge on any atom is 0.303 e. The summed E-state index contributed by atoms with van der Waals surface area (Å²) in [7, 11) is 3.17. The van der Waals surface area contributed by atoms with Crippen LogP contribution in [-0.4, -0.2) is 41.9 Å². The lowest BCUT2D eigenvalue weighted by atomic mass is 10.0. The van der Waals surface area contributed by atoms with Crippen LogP contribution in [0.3, 0.4) is 0 Å². The van der Waals surface area contributed by atoms with Crippen LogP contribution >= 0.6 is 11.3 Å². The van der Waals surface area contributed by atoms with E-state index >= 15 is 0 Å². The zero-order chi connectivity index (χ0) is 20.1. The van der Waals surface area contributed by atoms with Crippen LogP contribution in [0.2, 0.25) is 0 Å². The third-order valence-corrected chi connectivity index (χ3v) is 5.51. The first-order chi connectivity index (χ1) is 13.5. The Balaban J connectivity index is 1.88. The molecule has 1 unspecified atom stereocenters. The average Bonchev–Trinajstić information content (AvgIpc) is 3.36. The Hall–Kier alpha value is -2.87. The molecule has 0 saturated heterocycles. The molecule has 7 nitrogen and oxygen atoms in total. The number of methoxy groups -OCH3 is 2. The van der Waals surface area contributed by atoms with Gasteiger partial charge in [0, 0.05) is 35.8 Å². The maximum atomic E-state index is 12.7. The Morgan fingerprint density at radius 1 is 1.25 bits per heavy atom. The number of thiophene rings is 1. The Kier molecular flexibility index (Phi) is 6.30. The summed E-state index contributed by atoms with van der Waals surface area (Å²) in [5, 5.41) is 16.9. The standard InChI is InChI=1S/C20H22N2O5S/c1-26-13-8-9-14(17(11-13)27-2)15-12-16(18-5-4-10-28-18)22(21-15)19(23)6-3-7-20(24)25/h4-5,8-11,16H,3,6-7,12H2,1-2H3,(H,24,25). The Labute approximate surface area is 167 Å². The number of carbonyl (C=O) groups excluding carboxylic acids is 1. The lowest BCUT2D eigenvalue weighted by Crippen LogP contribution is -2.26. The molecule has 1 aliphatic rings. The number of hydrazone groups is 1. The van der Waals surface area contributed by atoms with Gasteiger partial charge in [-0.1, -0.05) is 6.07 Å². The van der Waals surface area contributed by atoms with Gasteiger partial charge in [0.1, 0.15) is 11.5 Å². The number of hydrogen-bond donors (Lipinski definition) is 1. The fraction of sp³-hybridized carbons (Fsp3) is 0.350. The number of carboxylic acid groups (broad SMARTS) is 1. The highest BCUT2D eigenvalue weighted by Crippen LogP contribution is 2.38. The number of carboxylic acids is 1. The summed E-state index contributed by atoms with van der Waals surface area (Å²) >= 11 is 1.57. The van der Waals surface area contributed by atoms with Gasteiger partial charge >= 0.3 is 5.97 Å². The van der Waals surface area contributed by atoms with Gasteiger partial charge in [0.2, 0.25) is 5.91 Å². The zero-order valence-corrected chi connectivity index (χ0v) is 16.6. The van der Waals surface area contributed by atoms with Crippen molar-refractivity contribution in [2.45, 2.75) is 31.7 Å². The zero-order valence-electron chi connectivity index (χ0n) is 15.8. The van der Waals surface area contributed by atoms with Crippen molar-refractivity contribution in [1.29, 1.82) is 0 Å². The number of benzene rings is 1. The molecule has 2 aromatic rings. The highest BCUT2D eigenvalue weighted by Gasteiger charge is 2.34. The second-order valence-electron chi connectivity index (χ2n) is 6.33. The molecular formula is C20H22N2O5S. The molecule has 3 rings (SSSR count). The number of amides is 1. The minimum atomic E-state index is -0.906. The van der Waals surface area contributed by atoms with Crippen molar-refractivity contribution in [1.82, 2.24) is 5.01 Å². The number of nitrogens with zero attached hydrogens (tertiary/aromatic N) is 2. The first-order valence-corrected chi connectivity index (χ1v) is 9.78. The predicted octanol–water partition coefficient (Wildman–Crippen LogP) is 3.70. The van der Waals surface area contributed by atoms with Gasteiger partial charge in [-0.25, -0.2) is 5.01 Å². The number of carbonyl (C=O) groups is 2.